The summed E-state index contributed by atoms with van der Waals surface area (Å²) < 4.78 is 0. The van der Waals surface area contributed by atoms with Gasteiger partial charge >= 0.3 is 0 Å². The van der Waals surface area contributed by atoms with Crippen LogP contribution in [0.4, 0.5) is 0 Å². The molecule has 2 amide bonds. The third-order valence-electron chi connectivity index (χ3n) is 4.51. The molecule has 1 N–H and O–H groups in total. The molecule has 0 aromatic carbocycles. The Bertz CT molecular complexity index is 361. The van der Waals surface area contributed by atoms with E-state index < -0.39 is 0 Å². The molecular formula is C15H28N4O2. The number of nitrogens with one attached hydrogen (secondary N) is 1. The van der Waals surface area contributed by atoms with E-state index in [2.05, 4.69) is 10.2 Å². The summed E-state index contributed by atoms with van der Waals surface area (Å²) in [7, 11) is 2.03. The summed E-state index contributed by atoms with van der Waals surface area (Å²) in [5, 5.41) is 3.37. The second-order valence-electron chi connectivity index (χ2n) is 6.28. The Morgan fingerprint density at radius 1 is 1.10 bits per heavy atom. The quantitative estimate of drug-likeness (QED) is 0.768. The third kappa shape index (κ3) is 4.97. The Labute approximate surface area is 127 Å². The van der Waals surface area contributed by atoms with Crippen molar-refractivity contribution in [3.05, 3.63) is 0 Å². The number of nitrogens with zero attached hydrogens (tertiary/aromatic N) is 3. The van der Waals surface area contributed by atoms with Gasteiger partial charge < -0.3 is 15.1 Å². The van der Waals surface area contributed by atoms with Gasteiger partial charge in [-0.2, -0.15) is 0 Å². The van der Waals surface area contributed by atoms with E-state index in [0.717, 1.165) is 19.6 Å². The number of amides is 2. The van der Waals surface area contributed by atoms with Crippen LogP contribution in [-0.4, -0.2) is 85.9 Å². The van der Waals surface area contributed by atoms with Crippen molar-refractivity contribution in [2.45, 2.75) is 19.8 Å². The van der Waals surface area contributed by atoms with Crippen LogP contribution in [0.15, 0.2) is 0 Å². The first-order valence-corrected chi connectivity index (χ1v) is 7.99. The SMILES string of the molecule is CC(=O)N1CCN(C(=O)CN(C)CC2CCNCC2)CC1. The average molecular weight is 296 g/mol. The highest BCUT2D eigenvalue weighted by Gasteiger charge is 2.23. The van der Waals surface area contributed by atoms with E-state index in [0.29, 0.717) is 38.6 Å². The molecule has 2 aliphatic rings. The zero-order valence-corrected chi connectivity index (χ0v) is 13.3. The molecule has 2 fully saturated rings. The minimum atomic E-state index is 0.102. The Hall–Kier alpha value is -1.14. The van der Waals surface area contributed by atoms with Crippen molar-refractivity contribution in [3.63, 3.8) is 0 Å². The number of piperidine rings is 1. The van der Waals surface area contributed by atoms with E-state index in [1.165, 1.54) is 12.8 Å². The summed E-state index contributed by atoms with van der Waals surface area (Å²) in [6.45, 7) is 7.94. The smallest absolute Gasteiger partial charge is 0.236 e. The van der Waals surface area contributed by atoms with Crippen LogP contribution in [0.3, 0.4) is 0 Å². The maximum atomic E-state index is 12.3. The topological polar surface area (TPSA) is 55.9 Å². The molecule has 6 heteroatoms. The molecule has 0 spiro atoms. The summed E-state index contributed by atoms with van der Waals surface area (Å²) >= 11 is 0. The molecule has 0 saturated carbocycles. The molecule has 2 rings (SSSR count). The van der Waals surface area contributed by atoms with Gasteiger partial charge in [0, 0.05) is 39.6 Å². The standard InChI is InChI=1S/C15H28N4O2/c1-13(20)18-7-9-19(10-8-18)15(21)12-17(2)11-14-3-5-16-6-4-14/h14,16H,3-12H2,1-2H3. The van der Waals surface area contributed by atoms with Crippen molar-refractivity contribution < 1.29 is 9.59 Å². The first-order chi connectivity index (χ1) is 10.1. The number of hydrogen-bond donors (Lipinski definition) is 1. The van der Waals surface area contributed by atoms with Crippen LogP contribution in [0.2, 0.25) is 0 Å². The van der Waals surface area contributed by atoms with E-state index in [1.807, 2.05) is 16.8 Å². The van der Waals surface area contributed by atoms with Crippen LogP contribution in [0.5, 0.6) is 0 Å². The summed E-state index contributed by atoms with van der Waals surface area (Å²) in [5.41, 5.74) is 0. The third-order valence-corrected chi connectivity index (χ3v) is 4.51. The second-order valence-corrected chi connectivity index (χ2v) is 6.28. The number of carbonyl (C=O) groups excluding carboxylic acids is 2. The Balaban J connectivity index is 1.70. The lowest BCUT2D eigenvalue weighted by molar-refractivity contribution is -0.139. The summed E-state index contributed by atoms with van der Waals surface area (Å²) in [4.78, 5) is 29.4. The van der Waals surface area contributed by atoms with Crippen LogP contribution >= 0.6 is 0 Å². The monoisotopic (exact) mass is 296 g/mol. The van der Waals surface area contributed by atoms with Crippen LogP contribution in [0, 0.1) is 5.92 Å². The van der Waals surface area contributed by atoms with E-state index in [4.69, 9.17) is 0 Å². The van der Waals surface area contributed by atoms with Crippen LogP contribution in [0.1, 0.15) is 19.8 Å². The number of hydrogen-bond acceptors (Lipinski definition) is 4. The van der Waals surface area contributed by atoms with Gasteiger partial charge in [-0.1, -0.05) is 0 Å². The number of carbonyl (C=O) groups is 2. The van der Waals surface area contributed by atoms with E-state index in [-0.39, 0.29) is 11.8 Å². The first kappa shape index (κ1) is 16.2. The summed E-state index contributed by atoms with van der Waals surface area (Å²) in [6, 6.07) is 0. The summed E-state index contributed by atoms with van der Waals surface area (Å²) in [5.74, 6) is 0.998. The molecule has 0 aliphatic carbocycles. The minimum Gasteiger partial charge on any atom is -0.339 e. The fourth-order valence-corrected chi connectivity index (χ4v) is 3.17. The molecule has 21 heavy (non-hydrogen) atoms. The van der Waals surface area contributed by atoms with E-state index in [1.54, 1.807) is 6.92 Å². The zero-order chi connectivity index (χ0) is 15.2. The average Bonchev–Trinajstić information content (AvgIpc) is 2.48. The normalized spacial score (nSPS) is 20.9. The maximum Gasteiger partial charge on any atom is 0.236 e. The fourth-order valence-electron chi connectivity index (χ4n) is 3.17. The number of rotatable bonds is 4. The zero-order valence-electron chi connectivity index (χ0n) is 13.3. The highest BCUT2D eigenvalue weighted by Crippen LogP contribution is 2.13. The molecule has 2 saturated heterocycles. The molecule has 0 aromatic heterocycles. The van der Waals surface area contributed by atoms with Gasteiger partial charge in [-0.3, -0.25) is 14.5 Å². The van der Waals surface area contributed by atoms with Crippen molar-refractivity contribution in [1.82, 2.24) is 20.0 Å². The van der Waals surface area contributed by atoms with E-state index in [9.17, 15) is 9.59 Å². The molecular weight excluding hydrogens is 268 g/mol. The van der Waals surface area contributed by atoms with Crippen molar-refractivity contribution in [3.8, 4) is 0 Å². The molecule has 0 radical (unpaired) electrons. The lowest BCUT2D eigenvalue weighted by atomic mass is 9.98. The molecule has 0 bridgehead atoms. The van der Waals surface area contributed by atoms with Crippen LogP contribution in [-0.2, 0) is 9.59 Å². The van der Waals surface area contributed by atoms with Crippen molar-refractivity contribution in [1.29, 1.82) is 0 Å². The van der Waals surface area contributed by atoms with Gasteiger partial charge in [0.25, 0.3) is 0 Å². The Morgan fingerprint density at radius 2 is 1.67 bits per heavy atom. The van der Waals surface area contributed by atoms with Gasteiger partial charge in [-0.25, -0.2) is 0 Å². The van der Waals surface area contributed by atoms with Crippen molar-refractivity contribution >= 4 is 11.8 Å². The second kappa shape index (κ2) is 7.75. The molecule has 0 atom stereocenters. The van der Waals surface area contributed by atoms with Gasteiger partial charge in [0.15, 0.2) is 0 Å². The highest BCUT2D eigenvalue weighted by atomic mass is 16.2. The van der Waals surface area contributed by atoms with Crippen molar-refractivity contribution in [2.75, 3.05) is 59.4 Å². The van der Waals surface area contributed by atoms with Gasteiger partial charge in [0.05, 0.1) is 6.54 Å². The van der Waals surface area contributed by atoms with Gasteiger partial charge in [0.1, 0.15) is 0 Å². The Morgan fingerprint density at radius 3 is 2.24 bits per heavy atom. The molecule has 120 valence electrons. The lowest BCUT2D eigenvalue weighted by Crippen LogP contribution is -2.52. The van der Waals surface area contributed by atoms with Gasteiger partial charge in [0.2, 0.25) is 11.8 Å². The van der Waals surface area contributed by atoms with Gasteiger partial charge in [-0.15, -0.1) is 0 Å². The maximum absolute atomic E-state index is 12.3. The largest absolute Gasteiger partial charge is 0.339 e. The van der Waals surface area contributed by atoms with Crippen LogP contribution < -0.4 is 5.32 Å². The molecule has 0 aromatic rings. The lowest BCUT2D eigenvalue weighted by Gasteiger charge is -2.35. The fraction of sp³-hybridized carbons (Fsp3) is 0.867. The highest BCUT2D eigenvalue weighted by molar-refractivity contribution is 5.79. The van der Waals surface area contributed by atoms with Crippen LogP contribution in [0.25, 0.3) is 0 Å². The molecule has 6 nitrogen and oxygen atoms in total. The molecule has 2 aliphatic heterocycles. The molecule has 2 heterocycles. The summed E-state index contributed by atoms with van der Waals surface area (Å²) in [6.07, 6.45) is 2.41. The number of piperazine rings is 1. The first-order valence-electron chi connectivity index (χ1n) is 7.99. The molecule has 0 unspecified atom stereocenters. The number of likely N-dealkylation sites (N-methyl/N-ethyl adjacent to an activating group) is 1. The van der Waals surface area contributed by atoms with E-state index >= 15 is 0 Å². The van der Waals surface area contributed by atoms with Crippen molar-refractivity contribution in [2.24, 2.45) is 5.92 Å². The van der Waals surface area contributed by atoms with Gasteiger partial charge in [-0.05, 0) is 38.9 Å². The Kier molecular flexibility index (Phi) is 5.99. The predicted molar refractivity (Wildman–Crippen MR) is 81.9 cm³/mol. The minimum absolute atomic E-state index is 0.102. The predicted octanol–water partition coefficient (Wildman–Crippen LogP) is -0.391.